The van der Waals surface area contributed by atoms with E-state index in [9.17, 15) is 9.59 Å². The van der Waals surface area contributed by atoms with Gasteiger partial charge in [-0.15, -0.1) is 0 Å². The quantitative estimate of drug-likeness (QED) is 0.782. The second-order valence-electron chi connectivity index (χ2n) is 4.45. The van der Waals surface area contributed by atoms with Gasteiger partial charge in [0.2, 0.25) is 5.91 Å². The van der Waals surface area contributed by atoms with Crippen molar-refractivity contribution >= 4 is 17.9 Å². The summed E-state index contributed by atoms with van der Waals surface area (Å²) in [6.45, 7) is 0.528. The summed E-state index contributed by atoms with van der Waals surface area (Å²) in [5, 5.41) is 0. The first-order chi connectivity index (χ1) is 9.20. The van der Waals surface area contributed by atoms with Gasteiger partial charge in [0, 0.05) is 19.0 Å². The Labute approximate surface area is 112 Å². The highest BCUT2D eigenvalue weighted by atomic mass is 16.5. The predicted molar refractivity (Wildman–Crippen MR) is 72.6 cm³/mol. The molecule has 0 bridgehead atoms. The Bertz CT molecular complexity index is 508. The van der Waals surface area contributed by atoms with Gasteiger partial charge < -0.3 is 4.74 Å². The molecule has 1 aliphatic heterocycles. The van der Waals surface area contributed by atoms with Gasteiger partial charge in [0.25, 0.3) is 5.91 Å². The van der Waals surface area contributed by atoms with Crippen molar-refractivity contribution in [3.8, 4) is 5.75 Å². The molecule has 0 N–H and O–H groups in total. The van der Waals surface area contributed by atoms with Crippen LogP contribution in [-0.2, 0) is 9.59 Å². The molecule has 19 heavy (non-hydrogen) atoms. The first-order valence-electron chi connectivity index (χ1n) is 6.37. The normalized spacial score (nSPS) is 15.8. The number of likely N-dealkylation sites (tertiary alicyclic amines) is 1. The van der Waals surface area contributed by atoms with Crippen LogP contribution in [0.2, 0.25) is 0 Å². The number of methoxy groups -OCH3 is 1. The van der Waals surface area contributed by atoms with Gasteiger partial charge >= 0.3 is 0 Å². The van der Waals surface area contributed by atoms with Gasteiger partial charge in [-0.25, -0.2) is 0 Å². The van der Waals surface area contributed by atoms with Crippen molar-refractivity contribution in [1.82, 2.24) is 4.90 Å². The number of imide groups is 1. The van der Waals surface area contributed by atoms with Crippen molar-refractivity contribution in [2.45, 2.75) is 19.3 Å². The predicted octanol–water partition coefficient (Wildman–Crippen LogP) is 2.25. The van der Waals surface area contributed by atoms with Gasteiger partial charge in [-0.3, -0.25) is 14.5 Å². The van der Waals surface area contributed by atoms with Crippen molar-refractivity contribution < 1.29 is 14.3 Å². The Morgan fingerprint density at radius 1 is 1.37 bits per heavy atom. The minimum absolute atomic E-state index is 0.0773. The Kier molecular flexibility index (Phi) is 4.34. The molecule has 1 aliphatic rings. The van der Waals surface area contributed by atoms with Crippen LogP contribution in [0.4, 0.5) is 0 Å². The summed E-state index contributed by atoms with van der Waals surface area (Å²) in [5.74, 6) is 0.419. The number of piperidine rings is 1. The van der Waals surface area contributed by atoms with E-state index in [1.165, 1.54) is 11.0 Å². The van der Waals surface area contributed by atoms with Gasteiger partial charge in [0.15, 0.2) is 0 Å². The van der Waals surface area contributed by atoms with Crippen LogP contribution in [-0.4, -0.2) is 30.4 Å². The standard InChI is InChI=1S/C15H17NO3/c1-19-13-6-4-5-12(11-13)8-9-15(18)16-10-3-2-7-14(16)17/h4-6,8-9,11H,2-3,7,10H2,1H3/b9-8+. The Morgan fingerprint density at radius 2 is 2.21 bits per heavy atom. The lowest BCUT2D eigenvalue weighted by Crippen LogP contribution is -2.39. The lowest BCUT2D eigenvalue weighted by atomic mass is 10.1. The number of nitrogens with zero attached hydrogens (tertiary/aromatic N) is 1. The third-order valence-electron chi connectivity index (χ3n) is 3.10. The monoisotopic (exact) mass is 259 g/mol. The highest BCUT2D eigenvalue weighted by molar-refractivity contribution is 6.03. The van der Waals surface area contributed by atoms with Gasteiger partial charge in [-0.2, -0.15) is 0 Å². The van der Waals surface area contributed by atoms with E-state index in [1.807, 2.05) is 24.3 Å². The van der Waals surface area contributed by atoms with E-state index in [4.69, 9.17) is 4.74 Å². The molecule has 100 valence electrons. The molecular weight excluding hydrogens is 242 g/mol. The molecule has 4 nitrogen and oxygen atoms in total. The van der Waals surface area contributed by atoms with E-state index < -0.39 is 0 Å². The van der Waals surface area contributed by atoms with Gasteiger partial charge in [0.1, 0.15) is 5.75 Å². The largest absolute Gasteiger partial charge is 0.497 e. The van der Waals surface area contributed by atoms with E-state index in [1.54, 1.807) is 13.2 Å². The van der Waals surface area contributed by atoms with Gasteiger partial charge in [-0.1, -0.05) is 12.1 Å². The molecule has 4 heteroatoms. The van der Waals surface area contributed by atoms with Crippen molar-refractivity contribution in [1.29, 1.82) is 0 Å². The number of carbonyl (C=O) groups is 2. The SMILES string of the molecule is COc1cccc(/C=C/C(=O)N2CCCCC2=O)c1. The van der Waals surface area contributed by atoms with Crippen LogP contribution in [0.3, 0.4) is 0 Å². The Morgan fingerprint density at radius 3 is 2.95 bits per heavy atom. The van der Waals surface area contributed by atoms with Gasteiger partial charge in [0.05, 0.1) is 7.11 Å². The van der Waals surface area contributed by atoms with Gasteiger partial charge in [-0.05, 0) is 36.6 Å². The van der Waals surface area contributed by atoms with Crippen molar-refractivity contribution in [3.63, 3.8) is 0 Å². The fourth-order valence-corrected chi connectivity index (χ4v) is 2.04. The Hall–Kier alpha value is -2.10. The summed E-state index contributed by atoms with van der Waals surface area (Å²) in [6.07, 6.45) is 5.39. The zero-order chi connectivity index (χ0) is 13.7. The lowest BCUT2D eigenvalue weighted by Gasteiger charge is -2.23. The third kappa shape index (κ3) is 3.44. The van der Waals surface area contributed by atoms with Crippen LogP contribution < -0.4 is 4.74 Å². The lowest BCUT2D eigenvalue weighted by molar-refractivity contribution is -0.143. The fourth-order valence-electron chi connectivity index (χ4n) is 2.04. The van der Waals surface area contributed by atoms with E-state index in [0.29, 0.717) is 13.0 Å². The maximum absolute atomic E-state index is 11.9. The molecule has 2 rings (SSSR count). The smallest absolute Gasteiger partial charge is 0.253 e. The number of carbonyl (C=O) groups excluding carboxylic acids is 2. The molecule has 1 aromatic carbocycles. The molecule has 1 saturated heterocycles. The molecule has 1 aromatic rings. The average molecular weight is 259 g/mol. The van der Waals surface area contributed by atoms with Crippen molar-refractivity contribution in [3.05, 3.63) is 35.9 Å². The topological polar surface area (TPSA) is 46.6 Å². The van der Waals surface area contributed by atoms with Crippen LogP contribution in [0.25, 0.3) is 6.08 Å². The number of benzene rings is 1. The van der Waals surface area contributed by atoms with E-state index in [-0.39, 0.29) is 11.8 Å². The fraction of sp³-hybridized carbons (Fsp3) is 0.333. The molecule has 0 unspecified atom stereocenters. The molecule has 0 saturated carbocycles. The summed E-state index contributed by atoms with van der Waals surface area (Å²) in [5.41, 5.74) is 0.872. The molecule has 0 atom stereocenters. The highest BCUT2D eigenvalue weighted by Crippen LogP contribution is 2.15. The second-order valence-corrected chi connectivity index (χ2v) is 4.45. The van der Waals surface area contributed by atoms with E-state index in [0.717, 1.165) is 24.2 Å². The second kappa shape index (κ2) is 6.18. The number of ether oxygens (including phenoxy) is 1. The number of rotatable bonds is 3. The van der Waals surface area contributed by atoms with Crippen LogP contribution in [0.15, 0.2) is 30.3 Å². The maximum atomic E-state index is 11.9. The summed E-state index contributed by atoms with van der Waals surface area (Å²) in [6, 6.07) is 7.41. The van der Waals surface area contributed by atoms with E-state index in [2.05, 4.69) is 0 Å². The zero-order valence-corrected chi connectivity index (χ0v) is 11.0. The summed E-state index contributed by atoms with van der Waals surface area (Å²) >= 11 is 0. The minimum atomic E-state index is -0.243. The van der Waals surface area contributed by atoms with Crippen LogP contribution >= 0.6 is 0 Å². The zero-order valence-electron chi connectivity index (χ0n) is 11.0. The highest BCUT2D eigenvalue weighted by Gasteiger charge is 2.22. The molecule has 1 heterocycles. The molecule has 0 radical (unpaired) electrons. The average Bonchev–Trinajstić information content (AvgIpc) is 2.45. The molecular formula is C15H17NO3. The first kappa shape index (κ1) is 13.3. The van der Waals surface area contributed by atoms with Crippen molar-refractivity contribution in [2.75, 3.05) is 13.7 Å². The minimum Gasteiger partial charge on any atom is -0.497 e. The van der Waals surface area contributed by atoms with Crippen molar-refractivity contribution in [2.24, 2.45) is 0 Å². The molecule has 0 aliphatic carbocycles. The van der Waals surface area contributed by atoms with E-state index >= 15 is 0 Å². The number of amides is 2. The molecule has 0 aromatic heterocycles. The number of hydrogen-bond donors (Lipinski definition) is 0. The van der Waals surface area contributed by atoms with Crippen LogP contribution in [0.1, 0.15) is 24.8 Å². The first-order valence-corrected chi connectivity index (χ1v) is 6.37. The van der Waals surface area contributed by atoms with Crippen LogP contribution in [0, 0.1) is 0 Å². The third-order valence-corrected chi connectivity index (χ3v) is 3.10. The van der Waals surface area contributed by atoms with Crippen LogP contribution in [0.5, 0.6) is 5.75 Å². The molecule has 0 spiro atoms. The summed E-state index contributed by atoms with van der Waals surface area (Å²) in [4.78, 5) is 24.8. The summed E-state index contributed by atoms with van der Waals surface area (Å²) < 4.78 is 5.11. The maximum Gasteiger partial charge on any atom is 0.253 e. The molecule has 2 amide bonds. The summed E-state index contributed by atoms with van der Waals surface area (Å²) in [7, 11) is 1.60. The number of hydrogen-bond acceptors (Lipinski definition) is 3. The Balaban J connectivity index is 2.04. The molecule has 1 fully saturated rings.